The molecule has 2 atom stereocenters. The van der Waals surface area contributed by atoms with Crippen molar-refractivity contribution in [1.29, 1.82) is 0 Å². The molecule has 0 saturated carbocycles. The van der Waals surface area contributed by atoms with Crippen LogP contribution in [-0.2, 0) is 14.3 Å². The van der Waals surface area contributed by atoms with Gasteiger partial charge in [-0.05, 0) is 34.1 Å². The van der Waals surface area contributed by atoms with Gasteiger partial charge in [0.05, 0.1) is 12.0 Å². The van der Waals surface area contributed by atoms with Crippen molar-refractivity contribution in [3.05, 3.63) is 0 Å². The number of rotatable bonds is 2. The average molecular weight is 278 g/mol. The van der Waals surface area contributed by atoms with E-state index in [9.17, 15) is 9.59 Å². The monoisotopic (exact) mass is 277 g/mol. The number of esters is 1. The first-order valence-electron chi connectivity index (χ1n) is 6.06. The van der Waals surface area contributed by atoms with E-state index >= 15 is 0 Å². The summed E-state index contributed by atoms with van der Waals surface area (Å²) in [4.78, 5) is 25.1. The van der Waals surface area contributed by atoms with Crippen LogP contribution < -0.4 is 0 Å². The van der Waals surface area contributed by atoms with Gasteiger partial charge in [0, 0.05) is 6.54 Å². The highest BCUT2D eigenvalue weighted by Gasteiger charge is 2.43. The first-order valence-corrected chi connectivity index (χ1v) is 6.50. The number of ether oxygens (including phenoxy) is 2. The minimum Gasteiger partial charge on any atom is -0.464 e. The van der Waals surface area contributed by atoms with Crippen molar-refractivity contribution < 1.29 is 19.1 Å². The molecule has 0 aliphatic carbocycles. The maximum atomic E-state index is 12.0. The highest BCUT2D eigenvalue weighted by Crippen LogP contribution is 2.26. The first kappa shape index (κ1) is 15.1. The van der Waals surface area contributed by atoms with E-state index in [0.29, 0.717) is 13.0 Å². The van der Waals surface area contributed by atoms with Crippen LogP contribution in [0.25, 0.3) is 0 Å². The zero-order valence-corrected chi connectivity index (χ0v) is 12.0. The van der Waals surface area contributed by atoms with E-state index in [0.717, 1.165) is 0 Å². The fourth-order valence-corrected chi connectivity index (χ4v) is 2.12. The molecule has 0 aromatic carbocycles. The highest BCUT2D eigenvalue weighted by molar-refractivity contribution is 6.23. The quantitative estimate of drug-likeness (QED) is 0.573. The number of carbonyl (C=O) groups is 2. The van der Waals surface area contributed by atoms with E-state index in [4.69, 9.17) is 21.1 Å². The molecule has 0 radical (unpaired) electrons. The number of amides is 1. The lowest BCUT2D eigenvalue weighted by Gasteiger charge is -2.28. The molecule has 6 heteroatoms. The fourth-order valence-electron chi connectivity index (χ4n) is 1.78. The fraction of sp³-hybridized carbons (Fsp3) is 0.833. The van der Waals surface area contributed by atoms with Gasteiger partial charge in [-0.2, -0.15) is 0 Å². The summed E-state index contributed by atoms with van der Waals surface area (Å²) in [5.74, 6) is -0.471. The molecule has 0 spiro atoms. The molecule has 5 nitrogen and oxygen atoms in total. The molecule has 18 heavy (non-hydrogen) atoms. The Morgan fingerprint density at radius 2 is 2.00 bits per heavy atom. The van der Waals surface area contributed by atoms with Crippen molar-refractivity contribution in [2.45, 2.75) is 51.1 Å². The van der Waals surface area contributed by atoms with Gasteiger partial charge in [0.2, 0.25) is 0 Å². The summed E-state index contributed by atoms with van der Waals surface area (Å²) >= 11 is 6.07. The van der Waals surface area contributed by atoms with Gasteiger partial charge in [-0.15, -0.1) is 11.6 Å². The van der Waals surface area contributed by atoms with Gasteiger partial charge >= 0.3 is 12.1 Å². The Bertz CT molecular complexity index is 327. The molecule has 0 bridgehead atoms. The normalized spacial score (nSPS) is 23.9. The molecule has 1 rings (SSSR count). The van der Waals surface area contributed by atoms with Crippen LogP contribution >= 0.6 is 11.6 Å². The van der Waals surface area contributed by atoms with Crippen molar-refractivity contribution in [2.75, 3.05) is 13.2 Å². The number of carbonyl (C=O) groups excluding carboxylic acids is 2. The second kappa shape index (κ2) is 5.78. The standard InChI is InChI=1S/C12H20ClNO4/c1-5-17-10(15)9-8(13)6-7-14(9)11(16)18-12(2,3)4/h8-9H,5-7H2,1-4H3. The lowest BCUT2D eigenvalue weighted by Crippen LogP contribution is -2.46. The maximum Gasteiger partial charge on any atom is 0.411 e. The van der Waals surface area contributed by atoms with E-state index in [-0.39, 0.29) is 6.61 Å². The molecule has 1 amide bonds. The predicted molar refractivity (Wildman–Crippen MR) is 67.6 cm³/mol. The van der Waals surface area contributed by atoms with Crippen LogP contribution in [-0.4, -0.2) is 47.1 Å². The summed E-state index contributed by atoms with van der Waals surface area (Å²) in [5.41, 5.74) is -0.597. The Labute approximate surface area is 112 Å². The third-order valence-corrected chi connectivity index (χ3v) is 2.94. The second-order valence-corrected chi connectivity index (χ2v) is 5.74. The number of halogens is 1. The van der Waals surface area contributed by atoms with Gasteiger partial charge in [-0.3, -0.25) is 4.90 Å². The molecule has 1 aliphatic heterocycles. The van der Waals surface area contributed by atoms with Crippen molar-refractivity contribution in [3.63, 3.8) is 0 Å². The Morgan fingerprint density at radius 1 is 1.39 bits per heavy atom. The molecule has 1 fully saturated rings. The van der Waals surface area contributed by atoms with Crippen LogP contribution in [0.3, 0.4) is 0 Å². The van der Waals surface area contributed by atoms with Crippen molar-refractivity contribution in [1.82, 2.24) is 4.90 Å². The predicted octanol–water partition coefficient (Wildman–Crippen LogP) is 2.17. The summed E-state index contributed by atoms with van der Waals surface area (Å²) < 4.78 is 10.2. The number of hydrogen-bond acceptors (Lipinski definition) is 4. The first-order chi connectivity index (χ1) is 8.26. The van der Waals surface area contributed by atoms with E-state index in [2.05, 4.69) is 0 Å². The van der Waals surface area contributed by atoms with E-state index in [1.165, 1.54) is 4.90 Å². The summed E-state index contributed by atoms with van der Waals surface area (Å²) in [7, 11) is 0. The molecule has 2 unspecified atom stereocenters. The number of likely N-dealkylation sites (tertiary alicyclic amines) is 1. The lowest BCUT2D eigenvalue weighted by atomic mass is 10.2. The number of nitrogens with zero attached hydrogens (tertiary/aromatic N) is 1. The van der Waals surface area contributed by atoms with Crippen LogP contribution in [0.15, 0.2) is 0 Å². The summed E-state index contributed by atoms with van der Waals surface area (Å²) in [6, 6.07) is -0.749. The molecule has 0 aromatic rings. The number of hydrogen-bond donors (Lipinski definition) is 0. The highest BCUT2D eigenvalue weighted by atomic mass is 35.5. The smallest absolute Gasteiger partial charge is 0.411 e. The van der Waals surface area contributed by atoms with Gasteiger partial charge < -0.3 is 9.47 Å². The number of alkyl halides is 1. The van der Waals surface area contributed by atoms with Crippen LogP contribution in [0.1, 0.15) is 34.1 Å². The van der Waals surface area contributed by atoms with Crippen LogP contribution in [0, 0.1) is 0 Å². The molecule has 1 saturated heterocycles. The van der Waals surface area contributed by atoms with E-state index < -0.39 is 29.1 Å². The van der Waals surface area contributed by atoms with Gasteiger partial charge in [-0.1, -0.05) is 0 Å². The van der Waals surface area contributed by atoms with E-state index in [1.54, 1.807) is 27.7 Å². The van der Waals surface area contributed by atoms with Crippen molar-refractivity contribution in [2.24, 2.45) is 0 Å². The summed E-state index contributed by atoms with van der Waals surface area (Å²) in [5, 5.41) is -0.420. The Kier molecular flexibility index (Phi) is 4.85. The van der Waals surface area contributed by atoms with Crippen LogP contribution in [0.5, 0.6) is 0 Å². The topological polar surface area (TPSA) is 55.8 Å². The van der Waals surface area contributed by atoms with Gasteiger partial charge in [0.1, 0.15) is 11.6 Å². The Balaban J connectivity index is 2.74. The molecule has 1 aliphatic rings. The van der Waals surface area contributed by atoms with Gasteiger partial charge in [0.25, 0.3) is 0 Å². The summed E-state index contributed by atoms with van der Waals surface area (Å²) in [6.07, 6.45) is 0.0355. The minimum atomic E-state index is -0.749. The van der Waals surface area contributed by atoms with Crippen LogP contribution in [0.2, 0.25) is 0 Å². The largest absolute Gasteiger partial charge is 0.464 e. The van der Waals surface area contributed by atoms with Crippen molar-refractivity contribution in [3.8, 4) is 0 Å². The minimum absolute atomic E-state index is 0.265. The Hall–Kier alpha value is -0.970. The molecular formula is C12H20ClNO4. The van der Waals surface area contributed by atoms with Gasteiger partial charge in [-0.25, -0.2) is 9.59 Å². The molecular weight excluding hydrogens is 258 g/mol. The second-order valence-electron chi connectivity index (χ2n) is 5.18. The lowest BCUT2D eigenvalue weighted by molar-refractivity contribution is -0.148. The van der Waals surface area contributed by atoms with E-state index in [1.807, 2.05) is 0 Å². The Morgan fingerprint density at radius 3 is 2.50 bits per heavy atom. The molecule has 0 N–H and O–H groups in total. The average Bonchev–Trinajstić information content (AvgIpc) is 2.58. The van der Waals surface area contributed by atoms with Crippen LogP contribution in [0.4, 0.5) is 4.79 Å². The third-order valence-electron chi connectivity index (χ3n) is 2.48. The molecule has 0 aromatic heterocycles. The molecule has 1 heterocycles. The SMILES string of the molecule is CCOC(=O)C1C(Cl)CCN1C(=O)OC(C)(C)C. The third kappa shape index (κ3) is 3.77. The van der Waals surface area contributed by atoms with Gasteiger partial charge in [0.15, 0.2) is 0 Å². The zero-order valence-electron chi connectivity index (χ0n) is 11.2. The molecule has 104 valence electrons. The van der Waals surface area contributed by atoms with Crippen molar-refractivity contribution >= 4 is 23.7 Å². The zero-order chi connectivity index (χ0) is 13.9. The maximum absolute atomic E-state index is 12.0. The summed E-state index contributed by atoms with van der Waals surface area (Å²) in [6.45, 7) is 7.72.